The van der Waals surface area contributed by atoms with Gasteiger partial charge < -0.3 is 10.6 Å². The molecule has 0 bridgehead atoms. The maximum absolute atomic E-state index is 11.1. The molecule has 5 nitrogen and oxygen atoms in total. The van der Waals surface area contributed by atoms with Crippen molar-refractivity contribution in [2.45, 2.75) is 58.3 Å². The molecule has 0 aliphatic heterocycles. The highest BCUT2D eigenvalue weighted by molar-refractivity contribution is 7.90. The van der Waals surface area contributed by atoms with Gasteiger partial charge >= 0.3 is 0 Å². The van der Waals surface area contributed by atoms with Crippen LogP contribution < -0.4 is 10.6 Å². The fraction of sp³-hybridized carbons (Fsp3) is 0.938. The number of guanidine groups is 1. The summed E-state index contributed by atoms with van der Waals surface area (Å²) in [4.78, 5) is 4.43. The third-order valence-electron chi connectivity index (χ3n) is 4.09. The lowest BCUT2D eigenvalue weighted by Gasteiger charge is -2.21. The van der Waals surface area contributed by atoms with Crippen molar-refractivity contribution in [3.8, 4) is 0 Å². The van der Waals surface area contributed by atoms with E-state index in [9.17, 15) is 8.42 Å². The molecular weight excluding hydrogens is 298 g/mol. The molecule has 0 amide bonds. The minimum absolute atomic E-state index is 0.206. The topological polar surface area (TPSA) is 70.6 Å². The van der Waals surface area contributed by atoms with E-state index >= 15 is 0 Å². The van der Waals surface area contributed by atoms with Gasteiger partial charge in [0.1, 0.15) is 9.84 Å². The van der Waals surface area contributed by atoms with Crippen LogP contribution in [0.2, 0.25) is 0 Å². The Hall–Kier alpha value is -0.780. The molecule has 22 heavy (non-hydrogen) atoms. The Balaban J connectivity index is 2.18. The van der Waals surface area contributed by atoms with Crippen molar-refractivity contribution < 1.29 is 8.42 Å². The van der Waals surface area contributed by atoms with Crippen molar-refractivity contribution in [1.82, 2.24) is 10.6 Å². The molecule has 0 radical (unpaired) electrons. The first-order valence-corrected chi connectivity index (χ1v) is 10.8. The Morgan fingerprint density at radius 1 is 1.14 bits per heavy atom. The van der Waals surface area contributed by atoms with Crippen molar-refractivity contribution in [2.24, 2.45) is 10.9 Å². The summed E-state index contributed by atoms with van der Waals surface area (Å²) in [5.74, 6) is 1.93. The number of nitrogens with one attached hydrogen (secondary N) is 2. The fourth-order valence-corrected chi connectivity index (χ4v) is 3.59. The van der Waals surface area contributed by atoms with E-state index in [4.69, 9.17) is 0 Å². The molecule has 0 aromatic heterocycles. The van der Waals surface area contributed by atoms with Gasteiger partial charge in [-0.15, -0.1) is 0 Å². The zero-order valence-corrected chi connectivity index (χ0v) is 15.1. The van der Waals surface area contributed by atoms with E-state index in [2.05, 4.69) is 15.6 Å². The zero-order chi connectivity index (χ0) is 16.3. The van der Waals surface area contributed by atoms with Crippen LogP contribution in [0.4, 0.5) is 0 Å². The predicted molar refractivity (Wildman–Crippen MR) is 94.1 cm³/mol. The second kappa shape index (κ2) is 10.9. The predicted octanol–water partition coefficient (Wildman–Crippen LogP) is 2.34. The van der Waals surface area contributed by atoms with Crippen LogP contribution in [0.25, 0.3) is 0 Å². The summed E-state index contributed by atoms with van der Waals surface area (Å²) in [6.07, 6.45) is 11.4. The van der Waals surface area contributed by atoms with Crippen molar-refractivity contribution >= 4 is 15.8 Å². The van der Waals surface area contributed by atoms with E-state index < -0.39 is 9.84 Å². The van der Waals surface area contributed by atoms with Gasteiger partial charge in [0.25, 0.3) is 0 Å². The summed E-state index contributed by atoms with van der Waals surface area (Å²) in [6, 6.07) is 0. The van der Waals surface area contributed by atoms with Crippen LogP contribution in [-0.4, -0.2) is 46.0 Å². The molecule has 0 aromatic rings. The van der Waals surface area contributed by atoms with E-state index in [0.717, 1.165) is 25.0 Å². The van der Waals surface area contributed by atoms with Crippen LogP contribution in [0, 0.1) is 5.92 Å². The standard InChI is InChI=1S/C16H33N3O2S/c1-3-17-16(19-13-8-14-22(2,20)21)18-12-7-11-15-9-5-4-6-10-15/h15H,3-14H2,1-2H3,(H2,17,18,19). The number of rotatable bonds is 9. The van der Waals surface area contributed by atoms with Gasteiger partial charge in [-0.1, -0.05) is 32.1 Å². The third kappa shape index (κ3) is 10.0. The molecule has 1 rings (SSSR count). The number of nitrogens with zero attached hydrogens (tertiary/aromatic N) is 1. The Labute approximate surface area is 136 Å². The van der Waals surface area contributed by atoms with E-state index in [1.807, 2.05) is 6.92 Å². The van der Waals surface area contributed by atoms with Gasteiger partial charge in [-0.3, -0.25) is 4.99 Å². The average Bonchev–Trinajstić information content (AvgIpc) is 2.48. The van der Waals surface area contributed by atoms with Crippen molar-refractivity contribution in [3.05, 3.63) is 0 Å². The maximum atomic E-state index is 11.1. The van der Waals surface area contributed by atoms with Crippen LogP contribution in [0.5, 0.6) is 0 Å². The molecule has 0 unspecified atom stereocenters. The SMILES string of the molecule is CCNC(=NCCCS(C)(=O)=O)NCCCC1CCCCC1. The molecule has 1 fully saturated rings. The van der Waals surface area contributed by atoms with Gasteiger partial charge in [-0.05, 0) is 32.1 Å². The van der Waals surface area contributed by atoms with Gasteiger partial charge in [0.2, 0.25) is 0 Å². The van der Waals surface area contributed by atoms with E-state index in [-0.39, 0.29) is 5.75 Å². The lowest BCUT2D eigenvalue weighted by molar-refractivity contribution is 0.332. The Morgan fingerprint density at radius 3 is 2.50 bits per heavy atom. The Kier molecular flexibility index (Phi) is 9.52. The van der Waals surface area contributed by atoms with Crippen LogP contribution in [0.15, 0.2) is 4.99 Å². The van der Waals surface area contributed by atoms with Gasteiger partial charge in [-0.25, -0.2) is 8.42 Å². The summed E-state index contributed by atoms with van der Waals surface area (Å²) >= 11 is 0. The number of sulfone groups is 1. The molecule has 0 aromatic carbocycles. The van der Waals surface area contributed by atoms with Crippen LogP contribution >= 0.6 is 0 Å². The average molecular weight is 332 g/mol. The summed E-state index contributed by atoms with van der Waals surface area (Å²) in [5.41, 5.74) is 0. The lowest BCUT2D eigenvalue weighted by atomic mass is 9.86. The molecule has 6 heteroatoms. The first-order chi connectivity index (χ1) is 10.5. The second-order valence-corrected chi connectivity index (χ2v) is 8.58. The van der Waals surface area contributed by atoms with Crippen LogP contribution in [0.3, 0.4) is 0 Å². The number of hydrogen-bond donors (Lipinski definition) is 2. The normalized spacial score (nSPS) is 17.5. The lowest BCUT2D eigenvalue weighted by Crippen LogP contribution is -2.38. The third-order valence-corrected chi connectivity index (χ3v) is 5.12. The molecular formula is C16H33N3O2S. The van der Waals surface area contributed by atoms with Crippen LogP contribution in [-0.2, 0) is 9.84 Å². The maximum Gasteiger partial charge on any atom is 0.191 e. The number of hydrogen-bond acceptors (Lipinski definition) is 3. The van der Waals surface area contributed by atoms with E-state index in [1.165, 1.54) is 51.2 Å². The molecule has 0 spiro atoms. The fourth-order valence-electron chi connectivity index (χ4n) is 2.93. The Bertz CT molecular complexity index is 415. The minimum atomic E-state index is -2.88. The first kappa shape index (κ1) is 19.3. The highest BCUT2D eigenvalue weighted by atomic mass is 32.2. The summed E-state index contributed by atoms with van der Waals surface area (Å²) in [6.45, 7) is 4.34. The largest absolute Gasteiger partial charge is 0.357 e. The minimum Gasteiger partial charge on any atom is -0.357 e. The van der Waals surface area contributed by atoms with Crippen molar-refractivity contribution in [1.29, 1.82) is 0 Å². The van der Waals surface area contributed by atoms with Gasteiger partial charge in [0.15, 0.2) is 5.96 Å². The van der Waals surface area contributed by atoms with Gasteiger partial charge in [0.05, 0.1) is 5.75 Å². The highest BCUT2D eigenvalue weighted by Crippen LogP contribution is 2.26. The molecule has 0 atom stereocenters. The molecule has 1 aliphatic carbocycles. The van der Waals surface area contributed by atoms with Crippen molar-refractivity contribution in [3.63, 3.8) is 0 Å². The van der Waals surface area contributed by atoms with E-state index in [1.54, 1.807) is 0 Å². The molecule has 130 valence electrons. The molecule has 2 N–H and O–H groups in total. The first-order valence-electron chi connectivity index (χ1n) is 8.71. The summed E-state index contributed by atoms with van der Waals surface area (Å²) in [5, 5.41) is 6.56. The molecule has 0 saturated heterocycles. The molecule has 0 heterocycles. The van der Waals surface area contributed by atoms with Crippen molar-refractivity contribution in [2.75, 3.05) is 31.6 Å². The molecule has 1 aliphatic rings. The molecule has 1 saturated carbocycles. The second-order valence-electron chi connectivity index (χ2n) is 6.32. The monoisotopic (exact) mass is 331 g/mol. The zero-order valence-electron chi connectivity index (χ0n) is 14.2. The summed E-state index contributed by atoms with van der Waals surface area (Å²) in [7, 11) is -2.88. The Morgan fingerprint density at radius 2 is 1.86 bits per heavy atom. The van der Waals surface area contributed by atoms with Gasteiger partial charge in [0, 0.05) is 25.9 Å². The quantitative estimate of drug-likeness (QED) is 0.386. The summed E-state index contributed by atoms with van der Waals surface area (Å²) < 4.78 is 22.2. The van der Waals surface area contributed by atoms with Crippen LogP contribution in [0.1, 0.15) is 58.3 Å². The number of aliphatic imine (C=N–C) groups is 1. The highest BCUT2D eigenvalue weighted by Gasteiger charge is 2.12. The smallest absolute Gasteiger partial charge is 0.191 e. The van der Waals surface area contributed by atoms with E-state index in [0.29, 0.717) is 13.0 Å². The van der Waals surface area contributed by atoms with Gasteiger partial charge in [-0.2, -0.15) is 0 Å².